The topological polar surface area (TPSA) is 108 Å². The number of carbonyl (C=O) groups excluding carboxylic acids is 1. The quantitative estimate of drug-likeness (QED) is 0.531. The molecule has 1 rings (SSSR count). The molecule has 0 bridgehead atoms. The molecule has 16 heavy (non-hydrogen) atoms. The molecule has 0 radical (unpaired) electrons. The van der Waals surface area contributed by atoms with Crippen LogP contribution in [0.2, 0.25) is 0 Å². The molecule has 6 heteroatoms. The SMILES string of the molecule is CC(O)(CO)CNc1ccnc(C(N)=O)c1. The number of anilines is 1. The molecule has 5 N–H and O–H groups in total. The third kappa shape index (κ3) is 3.48. The van der Waals surface area contributed by atoms with Crippen molar-refractivity contribution >= 4 is 11.6 Å². The van der Waals surface area contributed by atoms with E-state index in [1.165, 1.54) is 19.2 Å². The third-order valence-electron chi connectivity index (χ3n) is 2.03. The van der Waals surface area contributed by atoms with Crippen LogP contribution in [0.15, 0.2) is 18.3 Å². The summed E-state index contributed by atoms with van der Waals surface area (Å²) in [6, 6.07) is 3.12. The first-order valence-electron chi connectivity index (χ1n) is 4.77. The number of rotatable bonds is 5. The summed E-state index contributed by atoms with van der Waals surface area (Å²) in [4.78, 5) is 14.6. The molecule has 0 fully saturated rings. The summed E-state index contributed by atoms with van der Waals surface area (Å²) in [6.45, 7) is 1.30. The highest BCUT2D eigenvalue weighted by Gasteiger charge is 2.18. The second-order valence-electron chi connectivity index (χ2n) is 3.80. The number of aliphatic hydroxyl groups excluding tert-OH is 1. The van der Waals surface area contributed by atoms with Gasteiger partial charge in [0.2, 0.25) is 0 Å². The van der Waals surface area contributed by atoms with Crippen LogP contribution in [-0.2, 0) is 0 Å². The molecule has 1 atom stereocenters. The second kappa shape index (κ2) is 4.91. The summed E-state index contributed by atoms with van der Waals surface area (Å²) in [7, 11) is 0. The maximum absolute atomic E-state index is 10.9. The van der Waals surface area contributed by atoms with E-state index in [-0.39, 0.29) is 18.8 Å². The van der Waals surface area contributed by atoms with E-state index >= 15 is 0 Å². The summed E-state index contributed by atoms with van der Waals surface area (Å²) in [6.07, 6.45) is 1.44. The fourth-order valence-electron chi connectivity index (χ4n) is 1.02. The monoisotopic (exact) mass is 225 g/mol. The van der Waals surface area contributed by atoms with Gasteiger partial charge in [0.1, 0.15) is 11.3 Å². The van der Waals surface area contributed by atoms with E-state index in [4.69, 9.17) is 10.8 Å². The lowest BCUT2D eigenvalue weighted by Crippen LogP contribution is -2.37. The molecule has 0 aromatic carbocycles. The maximum atomic E-state index is 10.9. The predicted molar refractivity (Wildman–Crippen MR) is 59.0 cm³/mol. The van der Waals surface area contributed by atoms with Gasteiger partial charge in [-0.2, -0.15) is 0 Å². The average Bonchev–Trinajstić information content (AvgIpc) is 2.27. The van der Waals surface area contributed by atoms with Gasteiger partial charge in [-0.3, -0.25) is 9.78 Å². The molecule has 0 aliphatic carbocycles. The van der Waals surface area contributed by atoms with Gasteiger partial charge in [0, 0.05) is 18.4 Å². The van der Waals surface area contributed by atoms with Gasteiger partial charge in [0.25, 0.3) is 5.91 Å². The van der Waals surface area contributed by atoms with E-state index in [0.29, 0.717) is 5.69 Å². The molecule has 0 aliphatic rings. The van der Waals surface area contributed by atoms with Crippen molar-refractivity contribution in [1.82, 2.24) is 4.98 Å². The first kappa shape index (κ1) is 12.4. The number of primary amides is 1. The van der Waals surface area contributed by atoms with Crippen LogP contribution in [0, 0.1) is 0 Å². The van der Waals surface area contributed by atoms with Crippen molar-refractivity contribution in [2.24, 2.45) is 5.73 Å². The third-order valence-corrected chi connectivity index (χ3v) is 2.03. The van der Waals surface area contributed by atoms with Gasteiger partial charge in [-0.1, -0.05) is 0 Å². The van der Waals surface area contributed by atoms with E-state index in [9.17, 15) is 9.90 Å². The lowest BCUT2D eigenvalue weighted by molar-refractivity contribution is 0.0132. The minimum Gasteiger partial charge on any atom is -0.393 e. The fraction of sp³-hybridized carbons (Fsp3) is 0.400. The highest BCUT2D eigenvalue weighted by Crippen LogP contribution is 2.10. The smallest absolute Gasteiger partial charge is 0.267 e. The van der Waals surface area contributed by atoms with Crippen molar-refractivity contribution in [2.75, 3.05) is 18.5 Å². The lowest BCUT2D eigenvalue weighted by Gasteiger charge is -2.21. The van der Waals surface area contributed by atoms with E-state index in [1.54, 1.807) is 6.07 Å². The number of carbonyl (C=O) groups is 1. The van der Waals surface area contributed by atoms with Crippen molar-refractivity contribution < 1.29 is 15.0 Å². The molecule has 1 unspecified atom stereocenters. The Morgan fingerprint density at radius 2 is 2.38 bits per heavy atom. The van der Waals surface area contributed by atoms with Gasteiger partial charge in [-0.05, 0) is 19.1 Å². The number of nitrogens with zero attached hydrogens (tertiary/aromatic N) is 1. The molecular weight excluding hydrogens is 210 g/mol. The molecule has 88 valence electrons. The summed E-state index contributed by atoms with van der Waals surface area (Å²) in [5.41, 5.74) is 4.62. The minimum atomic E-state index is -1.21. The highest BCUT2D eigenvalue weighted by atomic mass is 16.3. The number of aliphatic hydroxyl groups is 2. The molecule has 1 amide bonds. The molecule has 6 nitrogen and oxygen atoms in total. The second-order valence-corrected chi connectivity index (χ2v) is 3.80. The van der Waals surface area contributed by atoms with Crippen molar-refractivity contribution in [3.63, 3.8) is 0 Å². The van der Waals surface area contributed by atoms with E-state index in [2.05, 4.69) is 10.3 Å². The predicted octanol–water partition coefficient (Wildman–Crippen LogP) is -0.664. The minimum absolute atomic E-state index is 0.147. The van der Waals surface area contributed by atoms with Gasteiger partial charge in [-0.15, -0.1) is 0 Å². The number of nitrogens with two attached hydrogens (primary N) is 1. The number of hydrogen-bond donors (Lipinski definition) is 4. The Bertz CT molecular complexity index is 379. The maximum Gasteiger partial charge on any atom is 0.267 e. The number of pyridine rings is 1. The van der Waals surface area contributed by atoms with Gasteiger partial charge >= 0.3 is 0 Å². The molecule has 0 saturated carbocycles. The van der Waals surface area contributed by atoms with Crippen molar-refractivity contribution in [3.05, 3.63) is 24.0 Å². The number of amides is 1. The van der Waals surface area contributed by atoms with E-state index in [1.807, 2.05) is 0 Å². The van der Waals surface area contributed by atoms with E-state index < -0.39 is 11.5 Å². The van der Waals surface area contributed by atoms with Gasteiger partial charge < -0.3 is 21.3 Å². The normalized spacial score (nSPS) is 14.2. The number of nitrogens with one attached hydrogen (secondary N) is 1. The van der Waals surface area contributed by atoms with Gasteiger partial charge in [-0.25, -0.2) is 0 Å². The summed E-state index contributed by atoms with van der Waals surface area (Å²) < 4.78 is 0. The largest absolute Gasteiger partial charge is 0.393 e. The standard InChI is InChI=1S/C10H15N3O3/c1-10(16,6-14)5-13-7-2-3-12-8(4-7)9(11)15/h2-4,14,16H,5-6H2,1H3,(H2,11,15)(H,12,13). The van der Waals surface area contributed by atoms with Crippen LogP contribution in [0.25, 0.3) is 0 Å². The fourth-order valence-corrected chi connectivity index (χ4v) is 1.02. The van der Waals surface area contributed by atoms with Crippen molar-refractivity contribution in [1.29, 1.82) is 0 Å². The molecule has 0 saturated heterocycles. The van der Waals surface area contributed by atoms with Gasteiger partial charge in [0.05, 0.1) is 6.61 Å². The zero-order valence-corrected chi connectivity index (χ0v) is 8.97. The van der Waals surface area contributed by atoms with Crippen LogP contribution >= 0.6 is 0 Å². The molecular formula is C10H15N3O3. The van der Waals surface area contributed by atoms with Crippen LogP contribution in [0.3, 0.4) is 0 Å². The molecule has 0 spiro atoms. The molecule has 1 aromatic heterocycles. The highest BCUT2D eigenvalue weighted by molar-refractivity contribution is 5.91. The molecule has 1 heterocycles. The van der Waals surface area contributed by atoms with Crippen LogP contribution in [0.5, 0.6) is 0 Å². The Hall–Kier alpha value is -1.66. The Morgan fingerprint density at radius 1 is 1.69 bits per heavy atom. The average molecular weight is 225 g/mol. The number of aromatic nitrogens is 1. The first-order valence-corrected chi connectivity index (χ1v) is 4.77. The molecule has 0 aliphatic heterocycles. The Labute approximate surface area is 93.1 Å². The van der Waals surface area contributed by atoms with Gasteiger partial charge in [0.15, 0.2) is 0 Å². The lowest BCUT2D eigenvalue weighted by atomic mass is 10.1. The van der Waals surface area contributed by atoms with Crippen LogP contribution < -0.4 is 11.1 Å². The van der Waals surface area contributed by atoms with E-state index in [0.717, 1.165) is 0 Å². The Morgan fingerprint density at radius 3 is 2.94 bits per heavy atom. The molecule has 1 aromatic rings. The van der Waals surface area contributed by atoms with Crippen LogP contribution in [0.4, 0.5) is 5.69 Å². The summed E-state index contributed by atoms with van der Waals surface area (Å²) >= 11 is 0. The Balaban J connectivity index is 2.68. The van der Waals surface area contributed by atoms with Crippen LogP contribution in [-0.4, -0.2) is 39.9 Å². The summed E-state index contributed by atoms with van der Waals surface area (Å²) in [5, 5.41) is 21.3. The number of hydrogen-bond acceptors (Lipinski definition) is 5. The summed E-state index contributed by atoms with van der Waals surface area (Å²) in [5.74, 6) is -0.613. The van der Waals surface area contributed by atoms with Crippen molar-refractivity contribution in [2.45, 2.75) is 12.5 Å². The first-order chi connectivity index (χ1) is 7.44. The van der Waals surface area contributed by atoms with Crippen molar-refractivity contribution in [3.8, 4) is 0 Å². The Kier molecular flexibility index (Phi) is 3.81. The van der Waals surface area contributed by atoms with Crippen LogP contribution in [0.1, 0.15) is 17.4 Å². The zero-order valence-electron chi connectivity index (χ0n) is 8.97. The zero-order chi connectivity index (χ0) is 12.2.